The first-order valence-corrected chi connectivity index (χ1v) is 5.03. The predicted octanol–water partition coefficient (Wildman–Crippen LogP) is -0.815. The van der Waals surface area contributed by atoms with Crippen LogP contribution in [0.3, 0.4) is 0 Å². The van der Waals surface area contributed by atoms with Gasteiger partial charge in [-0.05, 0) is 0 Å². The highest BCUT2D eigenvalue weighted by Gasteiger charge is 2.11. The van der Waals surface area contributed by atoms with Gasteiger partial charge in [0.15, 0.2) is 0 Å². The fourth-order valence-electron chi connectivity index (χ4n) is 0.791. The molecule has 1 heterocycles. The van der Waals surface area contributed by atoms with Crippen molar-refractivity contribution in [3.63, 3.8) is 0 Å². The molecule has 1 rings (SSSR count). The molecule has 15 heavy (non-hydrogen) atoms. The summed E-state index contributed by atoms with van der Waals surface area (Å²) in [5, 5.41) is 13.5. The van der Waals surface area contributed by atoms with Gasteiger partial charge in [-0.2, -0.15) is 0 Å². The minimum absolute atomic E-state index is 0.115. The highest BCUT2D eigenvalue weighted by molar-refractivity contribution is 7.17. The van der Waals surface area contributed by atoms with Crippen LogP contribution in [-0.2, 0) is 4.79 Å². The number of nitrogens with one attached hydrogen (secondary N) is 2. The van der Waals surface area contributed by atoms with Crippen LogP contribution in [-0.4, -0.2) is 35.6 Å². The normalized spacial score (nSPS) is 9.67. The van der Waals surface area contributed by atoms with Crippen LogP contribution in [0.4, 0.5) is 5.13 Å². The van der Waals surface area contributed by atoms with Crippen molar-refractivity contribution >= 4 is 28.3 Å². The molecule has 82 valence electrons. The monoisotopic (exact) mass is 229 g/mol. The Morgan fingerprint density at radius 1 is 1.47 bits per heavy atom. The van der Waals surface area contributed by atoms with E-state index in [0.717, 1.165) is 11.3 Å². The van der Waals surface area contributed by atoms with E-state index in [1.165, 1.54) is 0 Å². The molecule has 0 fully saturated rings. The lowest BCUT2D eigenvalue weighted by atomic mass is 10.4. The number of hydrogen-bond donors (Lipinski definition) is 3. The number of carbonyl (C=O) groups excluding carboxylic acids is 2. The Morgan fingerprint density at radius 2 is 2.20 bits per heavy atom. The summed E-state index contributed by atoms with van der Waals surface area (Å²) in [6.07, 6.45) is 0.115. The lowest BCUT2D eigenvalue weighted by Gasteiger charge is -1.98. The molecule has 8 heteroatoms. The number of carbonyl (C=O) groups is 2. The van der Waals surface area contributed by atoms with Crippen LogP contribution < -0.4 is 16.4 Å². The van der Waals surface area contributed by atoms with Crippen LogP contribution in [0.1, 0.15) is 16.2 Å². The predicted molar refractivity (Wildman–Crippen MR) is 55.6 cm³/mol. The SMILES string of the molecule is CNc1nnc(C(=O)NCCC(N)=O)s1. The molecule has 7 nitrogen and oxygen atoms in total. The van der Waals surface area contributed by atoms with Crippen molar-refractivity contribution in [3.8, 4) is 0 Å². The average molecular weight is 229 g/mol. The molecule has 0 saturated carbocycles. The molecule has 2 amide bonds. The Kier molecular flexibility index (Phi) is 3.98. The summed E-state index contributed by atoms with van der Waals surface area (Å²) in [6.45, 7) is 0.211. The van der Waals surface area contributed by atoms with Crippen molar-refractivity contribution in [2.24, 2.45) is 5.73 Å². The van der Waals surface area contributed by atoms with Crippen LogP contribution in [0.15, 0.2) is 0 Å². The van der Waals surface area contributed by atoms with Crippen LogP contribution in [0.25, 0.3) is 0 Å². The van der Waals surface area contributed by atoms with E-state index in [0.29, 0.717) is 5.13 Å². The first-order chi connectivity index (χ1) is 7.13. The molecule has 0 aliphatic carbocycles. The molecule has 0 aromatic carbocycles. The highest BCUT2D eigenvalue weighted by atomic mass is 32.1. The van der Waals surface area contributed by atoms with Gasteiger partial charge in [0.1, 0.15) is 0 Å². The summed E-state index contributed by atoms with van der Waals surface area (Å²) in [6, 6.07) is 0. The maximum absolute atomic E-state index is 11.4. The van der Waals surface area contributed by atoms with E-state index in [9.17, 15) is 9.59 Å². The minimum Gasteiger partial charge on any atom is -0.370 e. The molecule has 0 unspecified atom stereocenters. The summed E-state index contributed by atoms with van der Waals surface area (Å²) in [7, 11) is 1.69. The topological polar surface area (TPSA) is 110 Å². The largest absolute Gasteiger partial charge is 0.370 e. The molecular weight excluding hydrogens is 218 g/mol. The zero-order chi connectivity index (χ0) is 11.3. The summed E-state index contributed by atoms with van der Waals surface area (Å²) < 4.78 is 0. The maximum Gasteiger partial charge on any atom is 0.282 e. The molecule has 1 aromatic rings. The first-order valence-electron chi connectivity index (χ1n) is 4.21. The van der Waals surface area contributed by atoms with E-state index >= 15 is 0 Å². The summed E-state index contributed by atoms with van der Waals surface area (Å²) in [5.41, 5.74) is 4.92. The Morgan fingerprint density at radius 3 is 2.73 bits per heavy atom. The van der Waals surface area contributed by atoms with E-state index in [1.54, 1.807) is 7.05 Å². The fraction of sp³-hybridized carbons (Fsp3) is 0.429. The van der Waals surface area contributed by atoms with Gasteiger partial charge in [-0.15, -0.1) is 10.2 Å². The number of amides is 2. The second kappa shape index (κ2) is 5.25. The van der Waals surface area contributed by atoms with Crippen LogP contribution in [0.2, 0.25) is 0 Å². The van der Waals surface area contributed by atoms with E-state index < -0.39 is 5.91 Å². The molecule has 0 spiro atoms. The molecule has 0 radical (unpaired) electrons. The molecule has 0 saturated heterocycles. The second-order valence-electron chi connectivity index (χ2n) is 2.63. The Bertz CT molecular complexity index is 364. The number of primary amides is 1. The van der Waals surface area contributed by atoms with Gasteiger partial charge in [-0.3, -0.25) is 9.59 Å². The molecule has 0 aliphatic heterocycles. The zero-order valence-electron chi connectivity index (χ0n) is 8.11. The molecular formula is C7H11N5O2S. The lowest BCUT2D eigenvalue weighted by molar-refractivity contribution is -0.117. The highest BCUT2D eigenvalue weighted by Crippen LogP contribution is 2.13. The van der Waals surface area contributed by atoms with Gasteiger partial charge >= 0.3 is 0 Å². The molecule has 0 aliphatic rings. The molecule has 4 N–H and O–H groups in total. The summed E-state index contributed by atoms with van der Waals surface area (Å²) >= 11 is 1.14. The summed E-state index contributed by atoms with van der Waals surface area (Å²) in [4.78, 5) is 21.8. The van der Waals surface area contributed by atoms with E-state index in [1.807, 2.05) is 0 Å². The van der Waals surface area contributed by atoms with Crippen molar-refractivity contribution in [1.29, 1.82) is 0 Å². The van der Waals surface area contributed by atoms with Gasteiger partial charge in [-0.25, -0.2) is 0 Å². The van der Waals surface area contributed by atoms with Gasteiger partial charge in [0.05, 0.1) is 0 Å². The standard InChI is InChI=1S/C7H11N5O2S/c1-9-7-12-11-6(15-7)5(14)10-3-2-4(8)13/h2-3H2,1H3,(H2,8,13)(H,9,12)(H,10,14). The van der Waals surface area contributed by atoms with E-state index in [-0.39, 0.29) is 23.9 Å². The van der Waals surface area contributed by atoms with Crippen molar-refractivity contribution < 1.29 is 9.59 Å². The second-order valence-corrected chi connectivity index (χ2v) is 3.61. The van der Waals surface area contributed by atoms with E-state index in [2.05, 4.69) is 20.8 Å². The number of anilines is 1. The van der Waals surface area contributed by atoms with Gasteiger partial charge in [-0.1, -0.05) is 11.3 Å². The van der Waals surface area contributed by atoms with Gasteiger partial charge in [0.25, 0.3) is 5.91 Å². The number of nitrogens with two attached hydrogens (primary N) is 1. The minimum atomic E-state index is -0.455. The van der Waals surface area contributed by atoms with Gasteiger partial charge in [0, 0.05) is 20.0 Å². The zero-order valence-corrected chi connectivity index (χ0v) is 8.93. The first kappa shape index (κ1) is 11.4. The molecule has 1 aromatic heterocycles. The third kappa shape index (κ3) is 3.50. The number of rotatable bonds is 5. The number of hydrogen-bond acceptors (Lipinski definition) is 6. The molecule has 0 atom stereocenters. The number of nitrogens with zero attached hydrogens (tertiary/aromatic N) is 2. The smallest absolute Gasteiger partial charge is 0.282 e. The van der Waals surface area contributed by atoms with Crippen molar-refractivity contribution in [3.05, 3.63) is 5.01 Å². The Hall–Kier alpha value is -1.70. The van der Waals surface area contributed by atoms with Gasteiger partial charge < -0.3 is 16.4 Å². The van der Waals surface area contributed by atoms with Crippen molar-refractivity contribution in [1.82, 2.24) is 15.5 Å². The lowest BCUT2D eigenvalue weighted by Crippen LogP contribution is -2.27. The summed E-state index contributed by atoms with van der Waals surface area (Å²) in [5.74, 6) is -0.807. The molecule has 0 bridgehead atoms. The van der Waals surface area contributed by atoms with Crippen molar-refractivity contribution in [2.75, 3.05) is 18.9 Å². The third-order valence-electron chi connectivity index (χ3n) is 1.49. The van der Waals surface area contributed by atoms with Crippen LogP contribution in [0, 0.1) is 0 Å². The number of aromatic nitrogens is 2. The third-order valence-corrected chi connectivity index (χ3v) is 2.43. The van der Waals surface area contributed by atoms with Crippen LogP contribution >= 0.6 is 11.3 Å². The van der Waals surface area contributed by atoms with Crippen LogP contribution in [0.5, 0.6) is 0 Å². The maximum atomic E-state index is 11.4. The quantitative estimate of drug-likeness (QED) is 0.611. The van der Waals surface area contributed by atoms with Crippen molar-refractivity contribution in [2.45, 2.75) is 6.42 Å². The van der Waals surface area contributed by atoms with E-state index in [4.69, 9.17) is 5.73 Å². The Balaban J connectivity index is 2.43. The van der Waals surface area contributed by atoms with Gasteiger partial charge in [0.2, 0.25) is 16.0 Å². The fourth-order valence-corrected chi connectivity index (χ4v) is 1.40. The average Bonchev–Trinajstić information content (AvgIpc) is 2.65. The Labute approximate surface area is 90.1 Å².